The van der Waals surface area contributed by atoms with Gasteiger partial charge in [0.1, 0.15) is 0 Å². The highest BCUT2D eigenvalue weighted by molar-refractivity contribution is 5.02. The van der Waals surface area contributed by atoms with Gasteiger partial charge in [0.15, 0.2) is 0 Å². The molecule has 0 radical (unpaired) electrons. The Labute approximate surface area is 74.2 Å². The number of aliphatic hydroxyl groups excluding tert-OH is 1. The first-order valence-corrected chi connectivity index (χ1v) is 5.56. The Balaban J connectivity index is 1.89. The minimum atomic E-state index is 0.0880. The van der Waals surface area contributed by atoms with Crippen LogP contribution in [0.5, 0.6) is 0 Å². The van der Waals surface area contributed by atoms with Gasteiger partial charge in [-0.1, -0.05) is 12.8 Å². The fourth-order valence-corrected chi connectivity index (χ4v) is 4.26. The molecule has 1 heteroatoms. The summed E-state index contributed by atoms with van der Waals surface area (Å²) in [5.41, 5.74) is 0. The quantitative estimate of drug-likeness (QED) is 0.585. The molecular formula is C11H18O. The first kappa shape index (κ1) is 7.37. The first-order valence-electron chi connectivity index (χ1n) is 5.56. The molecule has 0 amide bonds. The molecule has 0 aliphatic heterocycles. The van der Waals surface area contributed by atoms with E-state index in [0.29, 0.717) is 11.8 Å². The van der Waals surface area contributed by atoms with Crippen molar-refractivity contribution in [3.63, 3.8) is 0 Å². The third kappa shape index (κ3) is 0.783. The van der Waals surface area contributed by atoms with Gasteiger partial charge in [-0.2, -0.15) is 0 Å². The lowest BCUT2D eigenvalue weighted by Crippen LogP contribution is -2.20. The predicted molar refractivity (Wildman–Crippen MR) is 47.7 cm³/mol. The average Bonchev–Trinajstić information content (AvgIpc) is 2.72. The maximum absolute atomic E-state index is 10.1. The summed E-state index contributed by atoms with van der Waals surface area (Å²) in [6.07, 6.45) is 8.33. The molecule has 68 valence electrons. The number of hydrogen-bond acceptors (Lipinski definition) is 1. The maximum atomic E-state index is 10.1. The number of aliphatic hydroxyl groups is 1. The van der Waals surface area contributed by atoms with E-state index < -0.39 is 0 Å². The van der Waals surface area contributed by atoms with Crippen LogP contribution in [0.15, 0.2) is 0 Å². The second kappa shape index (κ2) is 2.47. The molecule has 3 saturated carbocycles. The zero-order chi connectivity index (χ0) is 8.13. The summed E-state index contributed by atoms with van der Waals surface area (Å²) in [6.45, 7) is 0. The van der Waals surface area contributed by atoms with Crippen molar-refractivity contribution in [1.82, 2.24) is 0 Å². The van der Waals surface area contributed by atoms with Crippen molar-refractivity contribution in [1.29, 1.82) is 0 Å². The highest BCUT2D eigenvalue weighted by Crippen LogP contribution is 2.56. The molecule has 0 aromatic heterocycles. The second-order valence-corrected chi connectivity index (χ2v) is 5.01. The molecule has 0 aromatic rings. The van der Waals surface area contributed by atoms with E-state index in [1.54, 1.807) is 0 Å². The average molecular weight is 166 g/mol. The van der Waals surface area contributed by atoms with Crippen molar-refractivity contribution in [2.24, 2.45) is 23.7 Å². The summed E-state index contributed by atoms with van der Waals surface area (Å²) in [5, 5.41) is 10.1. The topological polar surface area (TPSA) is 20.2 Å². The predicted octanol–water partition coefficient (Wildman–Crippen LogP) is 2.19. The van der Waals surface area contributed by atoms with Gasteiger partial charge >= 0.3 is 0 Å². The molecule has 0 aromatic carbocycles. The molecule has 0 saturated heterocycles. The van der Waals surface area contributed by atoms with E-state index >= 15 is 0 Å². The SMILES string of the molecule is OC1[C@H]2CCC[C@H]2[C@H]2CCC[C@@H]12. The highest BCUT2D eigenvalue weighted by atomic mass is 16.3. The first-order chi connectivity index (χ1) is 5.88. The van der Waals surface area contributed by atoms with Crippen molar-refractivity contribution < 1.29 is 5.11 Å². The lowest BCUT2D eigenvalue weighted by atomic mass is 9.90. The van der Waals surface area contributed by atoms with Gasteiger partial charge in [-0.3, -0.25) is 0 Å². The van der Waals surface area contributed by atoms with Crippen molar-refractivity contribution >= 4 is 0 Å². The van der Waals surface area contributed by atoms with E-state index in [4.69, 9.17) is 0 Å². The fraction of sp³-hybridized carbons (Fsp3) is 1.00. The summed E-state index contributed by atoms with van der Waals surface area (Å²) in [5.74, 6) is 3.26. The van der Waals surface area contributed by atoms with Gasteiger partial charge in [-0.15, -0.1) is 0 Å². The minimum Gasteiger partial charge on any atom is -0.393 e. The second-order valence-electron chi connectivity index (χ2n) is 5.01. The van der Waals surface area contributed by atoms with Gasteiger partial charge in [0, 0.05) is 0 Å². The summed E-state index contributed by atoms with van der Waals surface area (Å²) in [7, 11) is 0. The highest BCUT2D eigenvalue weighted by Gasteiger charge is 2.52. The monoisotopic (exact) mass is 166 g/mol. The molecule has 3 aliphatic carbocycles. The third-order valence-corrected chi connectivity index (χ3v) is 4.68. The Morgan fingerprint density at radius 3 is 1.58 bits per heavy atom. The van der Waals surface area contributed by atoms with E-state index in [9.17, 15) is 5.11 Å². The van der Waals surface area contributed by atoms with Crippen LogP contribution in [-0.2, 0) is 0 Å². The van der Waals surface area contributed by atoms with Gasteiger partial charge in [0.05, 0.1) is 6.10 Å². The van der Waals surface area contributed by atoms with Gasteiger partial charge in [0.2, 0.25) is 0 Å². The molecule has 0 bridgehead atoms. The summed E-state index contributed by atoms with van der Waals surface area (Å²) in [4.78, 5) is 0. The summed E-state index contributed by atoms with van der Waals surface area (Å²) >= 11 is 0. The fourth-order valence-electron chi connectivity index (χ4n) is 4.26. The number of hydrogen-bond donors (Lipinski definition) is 1. The van der Waals surface area contributed by atoms with Crippen LogP contribution in [0.1, 0.15) is 38.5 Å². The summed E-state index contributed by atoms with van der Waals surface area (Å²) < 4.78 is 0. The smallest absolute Gasteiger partial charge is 0.0602 e. The van der Waals surface area contributed by atoms with E-state index in [1.165, 1.54) is 38.5 Å². The van der Waals surface area contributed by atoms with Crippen LogP contribution in [0.3, 0.4) is 0 Å². The molecule has 12 heavy (non-hydrogen) atoms. The van der Waals surface area contributed by atoms with Crippen molar-refractivity contribution in [3.05, 3.63) is 0 Å². The Kier molecular flexibility index (Phi) is 1.52. The van der Waals surface area contributed by atoms with Crippen LogP contribution >= 0.6 is 0 Å². The normalized spacial score (nSPS) is 57.2. The van der Waals surface area contributed by atoms with E-state index in [-0.39, 0.29) is 6.10 Å². The van der Waals surface area contributed by atoms with Crippen molar-refractivity contribution in [2.75, 3.05) is 0 Å². The zero-order valence-electron chi connectivity index (χ0n) is 7.58. The Hall–Kier alpha value is -0.0400. The molecule has 1 unspecified atom stereocenters. The van der Waals surface area contributed by atoms with Gasteiger partial charge in [-0.05, 0) is 49.4 Å². The van der Waals surface area contributed by atoms with Crippen LogP contribution in [0.2, 0.25) is 0 Å². The molecule has 1 nitrogen and oxygen atoms in total. The molecule has 1 N–H and O–H groups in total. The minimum absolute atomic E-state index is 0.0880. The van der Waals surface area contributed by atoms with E-state index in [1.807, 2.05) is 0 Å². The van der Waals surface area contributed by atoms with Crippen LogP contribution in [0.4, 0.5) is 0 Å². The van der Waals surface area contributed by atoms with Crippen LogP contribution in [-0.4, -0.2) is 11.2 Å². The molecule has 3 rings (SSSR count). The Morgan fingerprint density at radius 2 is 1.08 bits per heavy atom. The summed E-state index contributed by atoms with van der Waals surface area (Å²) in [6, 6.07) is 0. The van der Waals surface area contributed by atoms with Crippen LogP contribution in [0, 0.1) is 23.7 Å². The van der Waals surface area contributed by atoms with Gasteiger partial charge in [-0.25, -0.2) is 0 Å². The lowest BCUT2D eigenvalue weighted by Gasteiger charge is -2.16. The molecule has 3 aliphatic rings. The maximum Gasteiger partial charge on any atom is 0.0602 e. The van der Waals surface area contributed by atoms with Gasteiger partial charge in [0.25, 0.3) is 0 Å². The Bertz CT molecular complexity index is 169. The largest absolute Gasteiger partial charge is 0.393 e. The van der Waals surface area contributed by atoms with Crippen LogP contribution in [0.25, 0.3) is 0 Å². The Morgan fingerprint density at radius 1 is 0.667 bits per heavy atom. The zero-order valence-corrected chi connectivity index (χ0v) is 7.58. The van der Waals surface area contributed by atoms with Crippen LogP contribution < -0.4 is 0 Å². The molecule has 0 spiro atoms. The molecule has 3 fully saturated rings. The van der Waals surface area contributed by atoms with E-state index in [2.05, 4.69) is 0 Å². The van der Waals surface area contributed by atoms with Crippen molar-refractivity contribution in [2.45, 2.75) is 44.6 Å². The number of fused-ring (bicyclic) bond motifs is 3. The molecular weight excluding hydrogens is 148 g/mol. The number of rotatable bonds is 0. The molecule has 0 heterocycles. The molecule has 5 atom stereocenters. The lowest BCUT2D eigenvalue weighted by molar-refractivity contribution is 0.0854. The third-order valence-electron chi connectivity index (χ3n) is 4.68. The van der Waals surface area contributed by atoms with Gasteiger partial charge < -0.3 is 5.11 Å². The van der Waals surface area contributed by atoms with E-state index in [0.717, 1.165) is 11.8 Å². The van der Waals surface area contributed by atoms with Crippen molar-refractivity contribution in [3.8, 4) is 0 Å². The standard InChI is InChI=1S/C11H18O/c12-11-9-5-1-3-7(9)8-4-2-6-10(8)11/h7-12H,1-6H2/t7-,8+,9-,10+,11?.